The molecular formula is C8H18N2O. The van der Waals surface area contributed by atoms with E-state index in [-0.39, 0.29) is 6.23 Å². The molecule has 0 saturated carbocycles. The molecular weight excluding hydrogens is 140 g/mol. The molecule has 2 N–H and O–H groups in total. The Balaban J connectivity index is 1.95. The van der Waals surface area contributed by atoms with Gasteiger partial charge >= 0.3 is 0 Å². The van der Waals surface area contributed by atoms with E-state index in [1.807, 2.05) is 0 Å². The zero-order valence-electron chi connectivity index (χ0n) is 7.38. The van der Waals surface area contributed by atoms with Gasteiger partial charge in [0.05, 0.1) is 0 Å². The maximum atomic E-state index is 8.98. The molecule has 2 unspecified atom stereocenters. The summed E-state index contributed by atoms with van der Waals surface area (Å²) in [6.45, 7) is 7.56. The molecule has 0 aromatic rings. The van der Waals surface area contributed by atoms with E-state index in [9.17, 15) is 0 Å². The Morgan fingerprint density at radius 1 is 1.45 bits per heavy atom. The zero-order valence-corrected chi connectivity index (χ0v) is 7.38. The van der Waals surface area contributed by atoms with E-state index in [0.717, 1.165) is 6.42 Å². The minimum atomic E-state index is -0.376. The average molecular weight is 158 g/mol. The third kappa shape index (κ3) is 4.35. The first-order chi connectivity index (χ1) is 5.18. The summed E-state index contributed by atoms with van der Waals surface area (Å²) in [6, 6.07) is 0.426. The van der Waals surface area contributed by atoms with E-state index in [1.54, 1.807) is 6.92 Å². The van der Waals surface area contributed by atoms with Crippen LogP contribution >= 0.6 is 0 Å². The van der Waals surface area contributed by atoms with Crippen LogP contribution in [0.2, 0.25) is 0 Å². The molecule has 0 aromatic heterocycles. The number of hydrogen-bond acceptors (Lipinski definition) is 3. The predicted molar refractivity (Wildman–Crippen MR) is 45.3 cm³/mol. The number of nitrogens with one attached hydrogen (secondary N) is 1. The second kappa shape index (κ2) is 4.04. The SMILES string of the molecule is CC(O)NC(C)CCN1CC1. The van der Waals surface area contributed by atoms with Crippen molar-refractivity contribution in [2.45, 2.75) is 32.5 Å². The van der Waals surface area contributed by atoms with Crippen molar-refractivity contribution in [1.29, 1.82) is 0 Å². The maximum absolute atomic E-state index is 8.98. The van der Waals surface area contributed by atoms with Crippen LogP contribution in [0.4, 0.5) is 0 Å². The number of aliphatic hydroxyl groups is 1. The van der Waals surface area contributed by atoms with Crippen molar-refractivity contribution < 1.29 is 5.11 Å². The fourth-order valence-corrected chi connectivity index (χ4v) is 1.17. The lowest BCUT2D eigenvalue weighted by Gasteiger charge is -2.15. The lowest BCUT2D eigenvalue weighted by atomic mass is 10.2. The Labute approximate surface area is 68.4 Å². The second-order valence-electron chi connectivity index (χ2n) is 3.37. The van der Waals surface area contributed by atoms with Gasteiger partial charge in [-0.2, -0.15) is 0 Å². The highest BCUT2D eigenvalue weighted by Crippen LogP contribution is 2.05. The Morgan fingerprint density at radius 2 is 2.09 bits per heavy atom. The Kier molecular flexibility index (Phi) is 3.30. The van der Waals surface area contributed by atoms with Crippen LogP contribution < -0.4 is 5.32 Å². The fourth-order valence-electron chi connectivity index (χ4n) is 1.17. The van der Waals surface area contributed by atoms with Crippen molar-refractivity contribution in [3.05, 3.63) is 0 Å². The molecule has 11 heavy (non-hydrogen) atoms. The van der Waals surface area contributed by atoms with Gasteiger partial charge < -0.3 is 10.0 Å². The Hall–Kier alpha value is -0.120. The van der Waals surface area contributed by atoms with Crippen LogP contribution in [0, 0.1) is 0 Å². The number of aliphatic hydroxyl groups excluding tert-OH is 1. The van der Waals surface area contributed by atoms with Crippen molar-refractivity contribution in [2.75, 3.05) is 19.6 Å². The van der Waals surface area contributed by atoms with Crippen LogP contribution in [-0.2, 0) is 0 Å². The maximum Gasteiger partial charge on any atom is 0.102 e. The average Bonchev–Trinajstić information content (AvgIpc) is 2.63. The van der Waals surface area contributed by atoms with Crippen molar-refractivity contribution in [3.63, 3.8) is 0 Å². The van der Waals surface area contributed by atoms with Gasteiger partial charge in [-0.15, -0.1) is 0 Å². The number of hydrogen-bond donors (Lipinski definition) is 2. The second-order valence-corrected chi connectivity index (χ2v) is 3.37. The van der Waals surface area contributed by atoms with E-state index in [1.165, 1.54) is 19.6 Å². The quantitative estimate of drug-likeness (QED) is 0.437. The molecule has 1 aliphatic rings. The first-order valence-electron chi connectivity index (χ1n) is 4.35. The van der Waals surface area contributed by atoms with Gasteiger partial charge in [0.15, 0.2) is 0 Å². The third-order valence-electron chi connectivity index (χ3n) is 1.94. The number of nitrogens with zero attached hydrogens (tertiary/aromatic N) is 1. The summed E-state index contributed by atoms with van der Waals surface area (Å²) in [5, 5.41) is 12.0. The molecule has 0 aromatic carbocycles. The lowest BCUT2D eigenvalue weighted by molar-refractivity contribution is 0.140. The standard InChI is InChI=1S/C8H18N2O/c1-7(9-8(2)11)3-4-10-5-6-10/h7-9,11H,3-6H2,1-2H3. The smallest absolute Gasteiger partial charge is 0.102 e. The molecule has 0 radical (unpaired) electrons. The first kappa shape index (κ1) is 8.97. The Morgan fingerprint density at radius 3 is 2.55 bits per heavy atom. The fraction of sp³-hybridized carbons (Fsp3) is 1.00. The molecule has 0 aliphatic carbocycles. The van der Waals surface area contributed by atoms with Crippen molar-refractivity contribution >= 4 is 0 Å². The lowest BCUT2D eigenvalue weighted by Crippen LogP contribution is -2.35. The van der Waals surface area contributed by atoms with Crippen LogP contribution in [0.1, 0.15) is 20.3 Å². The van der Waals surface area contributed by atoms with Gasteiger partial charge in [0.2, 0.25) is 0 Å². The van der Waals surface area contributed by atoms with Crippen molar-refractivity contribution in [1.82, 2.24) is 10.2 Å². The Bertz CT molecular complexity index is 113. The van der Waals surface area contributed by atoms with Crippen molar-refractivity contribution in [2.24, 2.45) is 0 Å². The summed E-state index contributed by atoms with van der Waals surface area (Å²) in [7, 11) is 0. The largest absolute Gasteiger partial charge is 0.379 e. The molecule has 2 atom stereocenters. The minimum Gasteiger partial charge on any atom is -0.379 e. The monoisotopic (exact) mass is 158 g/mol. The van der Waals surface area contributed by atoms with Gasteiger partial charge in [0, 0.05) is 19.1 Å². The molecule has 1 rings (SSSR count). The topological polar surface area (TPSA) is 35.3 Å². The highest BCUT2D eigenvalue weighted by atomic mass is 16.3. The summed E-state index contributed by atoms with van der Waals surface area (Å²) in [5.74, 6) is 0. The molecule has 0 spiro atoms. The molecule has 1 fully saturated rings. The van der Waals surface area contributed by atoms with E-state index in [4.69, 9.17) is 5.11 Å². The van der Waals surface area contributed by atoms with Gasteiger partial charge in [-0.25, -0.2) is 0 Å². The first-order valence-corrected chi connectivity index (χ1v) is 4.35. The van der Waals surface area contributed by atoms with Crippen molar-refractivity contribution in [3.8, 4) is 0 Å². The normalized spacial score (nSPS) is 23.2. The van der Waals surface area contributed by atoms with Gasteiger partial charge in [-0.1, -0.05) is 0 Å². The molecule has 1 aliphatic heterocycles. The number of rotatable bonds is 5. The van der Waals surface area contributed by atoms with E-state index < -0.39 is 0 Å². The highest BCUT2D eigenvalue weighted by molar-refractivity contribution is 4.74. The zero-order chi connectivity index (χ0) is 8.27. The van der Waals surface area contributed by atoms with Crippen LogP contribution in [0.3, 0.4) is 0 Å². The van der Waals surface area contributed by atoms with Crippen LogP contribution in [0.15, 0.2) is 0 Å². The molecule has 66 valence electrons. The van der Waals surface area contributed by atoms with Crippen LogP contribution in [-0.4, -0.2) is 41.9 Å². The molecule has 1 heterocycles. The molecule has 0 bridgehead atoms. The molecule has 1 saturated heterocycles. The van der Waals surface area contributed by atoms with E-state index in [0.29, 0.717) is 6.04 Å². The van der Waals surface area contributed by atoms with Gasteiger partial charge in [0.1, 0.15) is 6.23 Å². The summed E-state index contributed by atoms with van der Waals surface area (Å²) in [6.07, 6.45) is 0.754. The van der Waals surface area contributed by atoms with Gasteiger partial charge in [-0.05, 0) is 26.8 Å². The predicted octanol–water partition coefficient (Wildman–Crippen LogP) is 0.00850. The summed E-state index contributed by atoms with van der Waals surface area (Å²) in [5.41, 5.74) is 0. The summed E-state index contributed by atoms with van der Waals surface area (Å²) < 4.78 is 0. The van der Waals surface area contributed by atoms with Crippen LogP contribution in [0.25, 0.3) is 0 Å². The molecule has 0 amide bonds. The van der Waals surface area contributed by atoms with E-state index in [2.05, 4.69) is 17.1 Å². The highest BCUT2D eigenvalue weighted by Gasteiger charge is 2.17. The van der Waals surface area contributed by atoms with Crippen LogP contribution in [0.5, 0.6) is 0 Å². The molecule has 3 nitrogen and oxygen atoms in total. The molecule has 3 heteroatoms. The van der Waals surface area contributed by atoms with E-state index >= 15 is 0 Å². The van der Waals surface area contributed by atoms with Gasteiger partial charge in [-0.3, -0.25) is 5.32 Å². The van der Waals surface area contributed by atoms with Gasteiger partial charge in [0.25, 0.3) is 0 Å². The third-order valence-corrected chi connectivity index (χ3v) is 1.94. The minimum absolute atomic E-state index is 0.376. The summed E-state index contributed by atoms with van der Waals surface area (Å²) >= 11 is 0. The summed E-state index contributed by atoms with van der Waals surface area (Å²) in [4.78, 5) is 2.39.